The molecule has 4 rings (SSSR count). The van der Waals surface area contributed by atoms with Crippen molar-refractivity contribution in [2.45, 2.75) is 64.6 Å². The monoisotopic (exact) mass is 494 g/mol. The van der Waals surface area contributed by atoms with E-state index in [4.69, 9.17) is 14.3 Å². The van der Waals surface area contributed by atoms with Gasteiger partial charge < -0.3 is 14.0 Å². The van der Waals surface area contributed by atoms with Gasteiger partial charge in [-0.2, -0.15) is 0 Å². The molecule has 1 aliphatic rings. The minimum atomic E-state index is -0.839. The summed E-state index contributed by atoms with van der Waals surface area (Å²) < 4.78 is 28.3. The minimum absolute atomic E-state index is 0.151. The molecule has 1 fully saturated rings. The first-order valence-corrected chi connectivity index (χ1v) is 12.3. The number of fused-ring (bicyclic) bond motifs is 1. The first-order chi connectivity index (χ1) is 17.1. The average Bonchev–Trinajstić information content (AvgIpc) is 3.16. The van der Waals surface area contributed by atoms with Crippen LogP contribution in [0.25, 0.3) is 28.1 Å². The Balaban J connectivity index is 1.73. The van der Waals surface area contributed by atoms with Crippen LogP contribution in [0.5, 0.6) is 0 Å². The summed E-state index contributed by atoms with van der Waals surface area (Å²) in [4.78, 5) is 17.4. The summed E-state index contributed by atoms with van der Waals surface area (Å²) in [6.45, 7) is 8.03. The third kappa shape index (κ3) is 5.53. The molecule has 0 N–H and O–H groups in total. The lowest BCUT2D eigenvalue weighted by atomic mass is 10.00. The maximum Gasteiger partial charge on any atom is 0.248 e. The SMILES string of the molecule is CON(C)C(=O)C[C@H]1C[C@@H](/C=C/c2c(-c3ccc(F)cc3)c3ccccc3n2C(C)C)OC(C)(C)O1. The van der Waals surface area contributed by atoms with Crippen LogP contribution in [-0.2, 0) is 19.1 Å². The van der Waals surface area contributed by atoms with E-state index in [0.29, 0.717) is 6.42 Å². The topological polar surface area (TPSA) is 52.9 Å². The summed E-state index contributed by atoms with van der Waals surface area (Å²) in [7, 11) is 3.05. The number of hydrogen-bond acceptors (Lipinski definition) is 4. The van der Waals surface area contributed by atoms with Crippen molar-refractivity contribution in [3.8, 4) is 11.1 Å². The van der Waals surface area contributed by atoms with Crippen LogP contribution in [0.4, 0.5) is 4.39 Å². The number of aromatic nitrogens is 1. The Morgan fingerprint density at radius 2 is 1.89 bits per heavy atom. The average molecular weight is 495 g/mol. The van der Waals surface area contributed by atoms with Gasteiger partial charge in [0.25, 0.3) is 0 Å². The Labute approximate surface area is 212 Å². The van der Waals surface area contributed by atoms with Gasteiger partial charge in [0, 0.05) is 41.7 Å². The highest BCUT2D eigenvalue weighted by Crippen LogP contribution is 2.38. The third-order valence-electron chi connectivity index (χ3n) is 6.47. The number of halogens is 1. The van der Waals surface area contributed by atoms with Crippen LogP contribution in [-0.4, -0.2) is 47.7 Å². The fraction of sp³-hybridized carbons (Fsp3) is 0.414. The van der Waals surface area contributed by atoms with Gasteiger partial charge in [0.05, 0.1) is 25.7 Å². The van der Waals surface area contributed by atoms with Gasteiger partial charge in [0.15, 0.2) is 5.79 Å². The van der Waals surface area contributed by atoms with Crippen molar-refractivity contribution in [1.29, 1.82) is 0 Å². The standard InChI is InChI=1S/C29H35FN2O4/c1-19(2)32-25-10-8-7-9-24(25)28(20-11-13-21(30)14-12-20)26(32)16-15-22-17-23(36-29(3,4)35-22)18-27(33)31(5)34-6/h7-16,19,22-23H,17-18H2,1-6H3/b16-15+/t22-,23-/m1/s1. The van der Waals surface area contributed by atoms with Crippen LogP contribution in [0, 0.1) is 5.82 Å². The molecule has 1 aromatic heterocycles. The zero-order valence-electron chi connectivity index (χ0n) is 21.8. The Kier molecular flexibility index (Phi) is 7.64. The Morgan fingerprint density at radius 3 is 2.56 bits per heavy atom. The van der Waals surface area contributed by atoms with Crippen molar-refractivity contribution in [2.24, 2.45) is 0 Å². The summed E-state index contributed by atoms with van der Waals surface area (Å²) in [5, 5.41) is 2.32. The molecule has 2 aromatic carbocycles. The largest absolute Gasteiger partial charge is 0.347 e. The molecule has 0 saturated carbocycles. The van der Waals surface area contributed by atoms with Crippen LogP contribution < -0.4 is 0 Å². The van der Waals surface area contributed by atoms with Gasteiger partial charge in [-0.05, 0) is 57.5 Å². The number of hydroxylamine groups is 2. The van der Waals surface area contributed by atoms with Gasteiger partial charge in [0.1, 0.15) is 5.82 Å². The van der Waals surface area contributed by atoms with Crippen LogP contribution in [0.1, 0.15) is 52.3 Å². The summed E-state index contributed by atoms with van der Waals surface area (Å²) in [6, 6.07) is 15.1. The number of rotatable bonds is 7. The highest BCUT2D eigenvalue weighted by atomic mass is 19.1. The Bertz CT molecular complexity index is 1250. The summed E-state index contributed by atoms with van der Waals surface area (Å²) in [6.07, 6.45) is 4.32. The van der Waals surface area contributed by atoms with E-state index in [0.717, 1.165) is 27.7 Å². The fourth-order valence-corrected chi connectivity index (χ4v) is 4.94. The molecule has 0 spiro atoms. The van der Waals surface area contributed by atoms with Gasteiger partial charge in [-0.25, -0.2) is 9.45 Å². The van der Waals surface area contributed by atoms with E-state index in [2.05, 4.69) is 36.6 Å². The number of amides is 1. The number of nitrogens with zero attached hydrogens (tertiary/aromatic N) is 2. The van der Waals surface area contributed by atoms with E-state index < -0.39 is 5.79 Å². The predicted molar refractivity (Wildman–Crippen MR) is 140 cm³/mol. The normalized spacial score (nSPS) is 19.9. The molecule has 192 valence electrons. The fourth-order valence-electron chi connectivity index (χ4n) is 4.94. The second kappa shape index (κ2) is 10.5. The number of hydrogen-bond donors (Lipinski definition) is 0. The quantitative estimate of drug-likeness (QED) is 0.359. The molecule has 1 aliphatic heterocycles. The number of benzene rings is 2. The van der Waals surface area contributed by atoms with E-state index in [1.54, 1.807) is 7.05 Å². The lowest BCUT2D eigenvalue weighted by Gasteiger charge is -2.40. The Morgan fingerprint density at radius 1 is 1.19 bits per heavy atom. The van der Waals surface area contributed by atoms with Crippen LogP contribution >= 0.6 is 0 Å². The molecular weight excluding hydrogens is 459 g/mol. The molecule has 0 unspecified atom stereocenters. The molecule has 2 atom stereocenters. The molecular formula is C29H35FN2O4. The molecule has 2 heterocycles. The smallest absolute Gasteiger partial charge is 0.248 e. The molecule has 0 aliphatic carbocycles. The lowest BCUT2D eigenvalue weighted by Crippen LogP contribution is -2.45. The van der Waals surface area contributed by atoms with Crippen LogP contribution in [0.2, 0.25) is 0 Å². The molecule has 3 aromatic rings. The number of carbonyl (C=O) groups excluding carboxylic acids is 1. The Hall–Kier alpha value is -3.00. The van der Waals surface area contributed by atoms with Crippen molar-refractivity contribution in [3.63, 3.8) is 0 Å². The molecule has 6 nitrogen and oxygen atoms in total. The van der Waals surface area contributed by atoms with Crippen molar-refractivity contribution in [2.75, 3.05) is 14.2 Å². The summed E-state index contributed by atoms with van der Waals surface area (Å²) >= 11 is 0. The molecule has 1 amide bonds. The maximum absolute atomic E-state index is 13.7. The zero-order valence-corrected chi connectivity index (χ0v) is 21.8. The van der Waals surface area contributed by atoms with Crippen LogP contribution in [0.3, 0.4) is 0 Å². The number of carbonyl (C=O) groups is 1. The highest BCUT2D eigenvalue weighted by Gasteiger charge is 2.36. The van der Waals surface area contributed by atoms with Crippen molar-refractivity contribution in [3.05, 3.63) is 66.1 Å². The van der Waals surface area contributed by atoms with Crippen molar-refractivity contribution < 1.29 is 23.5 Å². The molecule has 0 bridgehead atoms. The van der Waals surface area contributed by atoms with Gasteiger partial charge in [-0.3, -0.25) is 9.63 Å². The lowest BCUT2D eigenvalue weighted by molar-refractivity contribution is -0.290. The van der Waals surface area contributed by atoms with Crippen molar-refractivity contribution in [1.82, 2.24) is 9.63 Å². The van der Waals surface area contributed by atoms with E-state index in [1.807, 2.05) is 44.2 Å². The van der Waals surface area contributed by atoms with E-state index in [1.165, 1.54) is 24.3 Å². The molecule has 36 heavy (non-hydrogen) atoms. The zero-order chi connectivity index (χ0) is 26.0. The van der Waals surface area contributed by atoms with Gasteiger partial charge >= 0.3 is 0 Å². The molecule has 1 saturated heterocycles. The van der Waals surface area contributed by atoms with E-state index in [9.17, 15) is 9.18 Å². The van der Waals surface area contributed by atoms with Crippen molar-refractivity contribution >= 4 is 22.9 Å². The molecule has 0 radical (unpaired) electrons. The predicted octanol–water partition coefficient (Wildman–Crippen LogP) is 6.36. The van der Waals surface area contributed by atoms with E-state index in [-0.39, 0.29) is 36.4 Å². The second-order valence-electron chi connectivity index (χ2n) is 9.92. The van der Waals surface area contributed by atoms with Gasteiger partial charge in [-0.1, -0.05) is 36.4 Å². The molecule has 7 heteroatoms. The van der Waals surface area contributed by atoms with Gasteiger partial charge in [0.2, 0.25) is 5.91 Å². The van der Waals surface area contributed by atoms with Gasteiger partial charge in [-0.15, -0.1) is 0 Å². The number of ether oxygens (including phenoxy) is 2. The second-order valence-corrected chi connectivity index (χ2v) is 9.92. The third-order valence-corrected chi connectivity index (χ3v) is 6.47. The number of para-hydroxylation sites is 1. The first kappa shape index (κ1) is 26.1. The summed E-state index contributed by atoms with van der Waals surface area (Å²) in [5.41, 5.74) is 4.14. The first-order valence-electron chi connectivity index (χ1n) is 12.3. The highest BCUT2D eigenvalue weighted by molar-refractivity contribution is 6.01. The maximum atomic E-state index is 13.7. The van der Waals surface area contributed by atoms with E-state index >= 15 is 0 Å². The minimum Gasteiger partial charge on any atom is -0.347 e. The van der Waals surface area contributed by atoms with Crippen LogP contribution in [0.15, 0.2) is 54.6 Å². The summed E-state index contributed by atoms with van der Waals surface area (Å²) in [5.74, 6) is -1.25.